The zero-order valence-corrected chi connectivity index (χ0v) is 14.9. The van der Waals surface area contributed by atoms with Crippen molar-refractivity contribution in [3.63, 3.8) is 0 Å². The van der Waals surface area contributed by atoms with Crippen LogP contribution in [0.1, 0.15) is 5.56 Å². The van der Waals surface area contributed by atoms with E-state index in [2.05, 4.69) is 4.98 Å². The minimum atomic E-state index is -0.380. The lowest BCUT2D eigenvalue weighted by molar-refractivity contribution is 0.626. The summed E-state index contributed by atoms with van der Waals surface area (Å²) in [5.41, 5.74) is 1.67. The Morgan fingerprint density at radius 3 is 2.44 bits per heavy atom. The normalized spacial score (nSPS) is 11.0. The molecule has 4 aromatic rings. The van der Waals surface area contributed by atoms with Gasteiger partial charge in [0.25, 0.3) is 5.56 Å². The molecule has 0 atom stereocenters. The molecule has 4 rings (SSSR count). The summed E-state index contributed by atoms with van der Waals surface area (Å²) in [5, 5.41) is 0.950. The number of aromatic nitrogens is 2. The summed E-state index contributed by atoms with van der Waals surface area (Å²) < 4.78 is 28.2. The van der Waals surface area contributed by atoms with Gasteiger partial charge < -0.3 is 0 Å². The molecular formula is C21H14F2N2OS. The van der Waals surface area contributed by atoms with Gasteiger partial charge in [-0.3, -0.25) is 9.36 Å². The van der Waals surface area contributed by atoms with Crippen LogP contribution in [0.15, 0.2) is 82.7 Å². The number of fused-ring (bicyclic) bond motifs is 1. The lowest BCUT2D eigenvalue weighted by atomic mass is 10.2. The average Bonchev–Trinajstić information content (AvgIpc) is 2.68. The van der Waals surface area contributed by atoms with Crippen LogP contribution in [0.5, 0.6) is 0 Å². The van der Waals surface area contributed by atoms with Crippen LogP contribution in [0.2, 0.25) is 0 Å². The van der Waals surface area contributed by atoms with E-state index < -0.39 is 0 Å². The van der Waals surface area contributed by atoms with Crippen molar-refractivity contribution < 1.29 is 8.78 Å². The van der Waals surface area contributed by atoms with E-state index >= 15 is 0 Å². The molecule has 0 N–H and O–H groups in total. The third-order valence-electron chi connectivity index (χ3n) is 4.09. The zero-order valence-electron chi connectivity index (χ0n) is 14.1. The molecule has 0 aliphatic rings. The van der Waals surface area contributed by atoms with Gasteiger partial charge in [0.2, 0.25) is 0 Å². The van der Waals surface area contributed by atoms with Gasteiger partial charge in [-0.25, -0.2) is 13.8 Å². The predicted molar refractivity (Wildman–Crippen MR) is 103 cm³/mol. The van der Waals surface area contributed by atoms with Crippen molar-refractivity contribution in [3.05, 3.63) is 100 Å². The van der Waals surface area contributed by atoms with Crippen molar-refractivity contribution in [2.45, 2.75) is 10.9 Å². The molecule has 0 radical (unpaired) electrons. The van der Waals surface area contributed by atoms with Crippen LogP contribution in [-0.4, -0.2) is 9.55 Å². The molecule has 0 amide bonds. The first-order chi connectivity index (χ1) is 13.1. The quantitative estimate of drug-likeness (QED) is 0.371. The molecule has 3 aromatic carbocycles. The van der Waals surface area contributed by atoms with Gasteiger partial charge in [0.05, 0.1) is 16.6 Å². The van der Waals surface area contributed by atoms with Gasteiger partial charge in [0.15, 0.2) is 5.16 Å². The van der Waals surface area contributed by atoms with Crippen LogP contribution in [0, 0.1) is 11.6 Å². The Morgan fingerprint density at radius 1 is 0.889 bits per heavy atom. The smallest absolute Gasteiger partial charge is 0.266 e. The van der Waals surface area contributed by atoms with Gasteiger partial charge in [-0.15, -0.1) is 0 Å². The Bertz CT molecular complexity index is 1170. The molecule has 0 aliphatic heterocycles. The Labute approximate surface area is 158 Å². The van der Waals surface area contributed by atoms with Crippen molar-refractivity contribution >= 4 is 22.7 Å². The summed E-state index contributed by atoms with van der Waals surface area (Å²) in [5.74, 6) is -0.242. The Balaban J connectivity index is 1.83. The van der Waals surface area contributed by atoms with Crippen LogP contribution in [0.4, 0.5) is 8.78 Å². The summed E-state index contributed by atoms with van der Waals surface area (Å²) in [4.78, 5) is 17.7. The van der Waals surface area contributed by atoms with Crippen LogP contribution >= 0.6 is 11.8 Å². The van der Waals surface area contributed by atoms with Crippen molar-refractivity contribution in [1.82, 2.24) is 9.55 Å². The molecule has 1 heterocycles. The van der Waals surface area contributed by atoms with E-state index in [1.165, 1.54) is 40.6 Å². The predicted octanol–water partition coefficient (Wildman–Crippen LogP) is 4.96. The summed E-state index contributed by atoms with van der Waals surface area (Å²) >= 11 is 1.33. The van der Waals surface area contributed by atoms with Crippen LogP contribution < -0.4 is 5.56 Å². The van der Waals surface area contributed by atoms with Crippen LogP contribution in [-0.2, 0) is 5.75 Å². The van der Waals surface area contributed by atoms with Crippen molar-refractivity contribution in [2.24, 2.45) is 0 Å². The van der Waals surface area contributed by atoms with Crippen molar-refractivity contribution in [3.8, 4) is 5.69 Å². The molecule has 0 spiro atoms. The third-order valence-corrected chi connectivity index (χ3v) is 5.10. The first-order valence-corrected chi connectivity index (χ1v) is 9.25. The topological polar surface area (TPSA) is 34.9 Å². The fourth-order valence-electron chi connectivity index (χ4n) is 2.80. The molecule has 0 saturated carbocycles. The van der Waals surface area contributed by atoms with E-state index in [-0.39, 0.29) is 17.2 Å². The first kappa shape index (κ1) is 17.4. The van der Waals surface area contributed by atoms with Gasteiger partial charge in [0.1, 0.15) is 11.6 Å². The summed E-state index contributed by atoms with van der Waals surface area (Å²) in [6, 6.07) is 19.1. The molecule has 0 fully saturated rings. The van der Waals surface area contributed by atoms with Crippen molar-refractivity contribution in [2.75, 3.05) is 0 Å². The highest BCUT2D eigenvalue weighted by Crippen LogP contribution is 2.25. The molecule has 3 nitrogen and oxygen atoms in total. The van der Waals surface area contributed by atoms with Gasteiger partial charge in [-0.2, -0.15) is 0 Å². The van der Waals surface area contributed by atoms with E-state index in [0.29, 0.717) is 27.5 Å². The Hall–Kier alpha value is -2.99. The van der Waals surface area contributed by atoms with E-state index in [1.54, 1.807) is 36.4 Å². The SMILES string of the molecule is O=c1c2ccccc2nc(SCc2cccc(F)c2)n1-c1ccc(F)cc1. The van der Waals surface area contributed by atoms with Crippen LogP contribution in [0.3, 0.4) is 0 Å². The highest BCUT2D eigenvalue weighted by atomic mass is 32.2. The molecule has 0 bridgehead atoms. The number of thioether (sulfide) groups is 1. The van der Waals surface area contributed by atoms with Crippen molar-refractivity contribution in [1.29, 1.82) is 0 Å². The number of nitrogens with zero attached hydrogens (tertiary/aromatic N) is 2. The van der Waals surface area contributed by atoms with Gasteiger partial charge in [0, 0.05) is 5.75 Å². The maximum absolute atomic E-state index is 13.4. The van der Waals surface area contributed by atoms with Gasteiger partial charge >= 0.3 is 0 Å². The maximum atomic E-state index is 13.4. The van der Waals surface area contributed by atoms with E-state index in [0.717, 1.165) is 5.56 Å². The number of para-hydroxylation sites is 1. The summed E-state index contributed by atoms with van der Waals surface area (Å²) in [7, 11) is 0. The Morgan fingerprint density at radius 2 is 1.67 bits per heavy atom. The van der Waals surface area contributed by atoms with E-state index in [4.69, 9.17) is 0 Å². The fourth-order valence-corrected chi connectivity index (χ4v) is 3.76. The second-order valence-electron chi connectivity index (χ2n) is 5.95. The average molecular weight is 380 g/mol. The third kappa shape index (κ3) is 3.61. The number of halogens is 2. The molecule has 1 aromatic heterocycles. The standard InChI is InChI=1S/C21H14F2N2OS/c22-15-8-10-17(11-9-15)25-20(26)18-6-1-2-7-19(18)24-21(25)27-13-14-4-3-5-16(23)12-14/h1-12H,13H2. The zero-order chi connectivity index (χ0) is 18.8. The number of hydrogen-bond donors (Lipinski definition) is 0. The Kier molecular flexibility index (Phi) is 4.73. The second-order valence-corrected chi connectivity index (χ2v) is 6.89. The second kappa shape index (κ2) is 7.32. The molecule has 27 heavy (non-hydrogen) atoms. The van der Waals surface area contributed by atoms with Gasteiger partial charge in [-0.1, -0.05) is 36.0 Å². The van der Waals surface area contributed by atoms with E-state index in [1.807, 2.05) is 12.1 Å². The monoisotopic (exact) mass is 380 g/mol. The number of hydrogen-bond acceptors (Lipinski definition) is 3. The summed E-state index contributed by atoms with van der Waals surface area (Å²) in [6.45, 7) is 0. The minimum absolute atomic E-state index is 0.228. The lowest BCUT2D eigenvalue weighted by Gasteiger charge is -2.13. The highest BCUT2D eigenvalue weighted by Gasteiger charge is 2.13. The molecule has 0 saturated heterocycles. The molecule has 6 heteroatoms. The highest BCUT2D eigenvalue weighted by molar-refractivity contribution is 7.98. The molecule has 0 aliphatic carbocycles. The largest absolute Gasteiger partial charge is 0.268 e. The van der Waals surface area contributed by atoms with E-state index in [9.17, 15) is 13.6 Å². The van der Waals surface area contributed by atoms with Gasteiger partial charge in [-0.05, 0) is 54.1 Å². The first-order valence-electron chi connectivity index (χ1n) is 8.27. The summed E-state index contributed by atoms with van der Waals surface area (Å²) in [6.07, 6.45) is 0. The number of rotatable bonds is 4. The molecule has 134 valence electrons. The minimum Gasteiger partial charge on any atom is -0.268 e. The lowest BCUT2D eigenvalue weighted by Crippen LogP contribution is -2.21. The fraction of sp³-hybridized carbons (Fsp3) is 0.0476. The maximum Gasteiger partial charge on any atom is 0.266 e. The molecular weight excluding hydrogens is 366 g/mol. The number of benzene rings is 3. The van der Waals surface area contributed by atoms with Crippen LogP contribution in [0.25, 0.3) is 16.6 Å². The molecule has 0 unspecified atom stereocenters.